The number of unbranched alkanes of at least 4 members (excludes halogenated alkanes) is 34. The third kappa shape index (κ3) is 45.2. The van der Waals surface area contributed by atoms with Crippen LogP contribution in [0.1, 0.15) is 297 Å². The van der Waals surface area contributed by atoms with E-state index in [0.29, 0.717) is 12.8 Å². The number of hydrogen-bond acceptors (Lipinski definition) is 10. The Kier molecular flexibility index (Phi) is 54.1. The van der Waals surface area contributed by atoms with Crippen LogP contribution in [0.25, 0.3) is 0 Å². The predicted molar refractivity (Wildman–Crippen MR) is 338 cm³/mol. The van der Waals surface area contributed by atoms with Crippen LogP contribution in [-0.2, 0) is 23.8 Å². The van der Waals surface area contributed by atoms with Crippen molar-refractivity contribution >= 4 is 11.9 Å². The number of rotatable bonds is 57. The third-order valence-corrected chi connectivity index (χ3v) is 15.6. The number of esters is 1. The quantitative estimate of drug-likeness (QED) is 0.0195. The Morgan fingerprint density at radius 2 is 0.852 bits per heavy atom. The smallest absolute Gasteiger partial charge is 0.306 e. The van der Waals surface area contributed by atoms with Crippen LogP contribution in [0, 0.1) is 0 Å². The monoisotopic (exact) mass is 1140 g/mol. The largest absolute Gasteiger partial charge is 0.454 e. The molecule has 0 aromatic heterocycles. The molecule has 0 bridgehead atoms. The normalized spacial score (nSPS) is 19.1. The molecule has 1 rings (SSSR count). The molecule has 8 atom stereocenters. The van der Waals surface area contributed by atoms with E-state index in [2.05, 4.69) is 74.7 Å². The molecule has 470 valence electrons. The second-order valence-corrected chi connectivity index (χ2v) is 23.2. The van der Waals surface area contributed by atoms with Gasteiger partial charge in [0.05, 0.1) is 25.4 Å². The van der Waals surface area contributed by atoms with Crippen LogP contribution in [0.3, 0.4) is 0 Å². The van der Waals surface area contributed by atoms with E-state index in [9.17, 15) is 35.1 Å². The van der Waals surface area contributed by atoms with Gasteiger partial charge in [-0.25, -0.2) is 0 Å². The summed E-state index contributed by atoms with van der Waals surface area (Å²) in [5, 5.41) is 56.9. The molecule has 0 saturated carbocycles. The van der Waals surface area contributed by atoms with Gasteiger partial charge >= 0.3 is 5.97 Å². The Hall–Kier alpha value is -2.90. The van der Waals surface area contributed by atoms with Crippen LogP contribution in [0.15, 0.2) is 72.9 Å². The molecule has 11 nitrogen and oxygen atoms in total. The number of carbonyl (C=O) groups is 2. The van der Waals surface area contributed by atoms with E-state index in [1.165, 1.54) is 193 Å². The van der Waals surface area contributed by atoms with Crippen molar-refractivity contribution in [1.29, 1.82) is 0 Å². The van der Waals surface area contributed by atoms with Gasteiger partial charge in [0.25, 0.3) is 0 Å². The summed E-state index contributed by atoms with van der Waals surface area (Å²) in [6, 6.07) is -1.06. The van der Waals surface area contributed by atoms with Crippen molar-refractivity contribution in [3.05, 3.63) is 72.9 Å². The van der Waals surface area contributed by atoms with Crippen molar-refractivity contribution in [1.82, 2.24) is 5.32 Å². The molecular formula is C70H125NO10. The van der Waals surface area contributed by atoms with E-state index in [1.807, 2.05) is 12.2 Å². The van der Waals surface area contributed by atoms with Crippen molar-refractivity contribution in [2.24, 2.45) is 0 Å². The number of ether oxygens (including phenoxy) is 3. The third-order valence-electron chi connectivity index (χ3n) is 15.6. The molecule has 1 aliphatic rings. The number of amides is 1. The fourth-order valence-corrected chi connectivity index (χ4v) is 10.2. The minimum absolute atomic E-state index is 0.0814. The van der Waals surface area contributed by atoms with Crippen molar-refractivity contribution in [2.45, 2.75) is 346 Å². The van der Waals surface area contributed by atoms with Gasteiger partial charge in [0.1, 0.15) is 24.4 Å². The summed E-state index contributed by atoms with van der Waals surface area (Å²) in [6.07, 6.45) is 64.0. The molecule has 1 amide bonds. The summed E-state index contributed by atoms with van der Waals surface area (Å²) in [6.45, 7) is 5.73. The van der Waals surface area contributed by atoms with Crippen molar-refractivity contribution < 1.29 is 49.3 Å². The minimum atomic E-state index is -1.62. The van der Waals surface area contributed by atoms with Gasteiger partial charge in [-0.3, -0.25) is 9.59 Å². The average molecular weight is 1140 g/mol. The Balaban J connectivity index is 2.57. The maximum absolute atomic E-state index is 13.4. The van der Waals surface area contributed by atoms with Crippen molar-refractivity contribution in [3.63, 3.8) is 0 Å². The molecule has 0 radical (unpaired) electrons. The van der Waals surface area contributed by atoms with Gasteiger partial charge in [-0.2, -0.15) is 0 Å². The number of carbonyl (C=O) groups excluding carboxylic acids is 2. The number of nitrogens with one attached hydrogen (secondary N) is 1. The Bertz CT molecular complexity index is 1590. The SMILES string of the molecule is CCCCC/C=C\C/C=C\C/C=C\CCCCCCCCCCCCCCCCC(=O)OC1C(OCC(NC(=O)C(O)C/C=C/C/C=C\CCCCCCCC)C(O)/C=C/CCCCCCCCCCCCC)OC(CO)C(O)C1O. The van der Waals surface area contributed by atoms with Gasteiger partial charge in [0.2, 0.25) is 5.91 Å². The average Bonchev–Trinajstić information content (AvgIpc) is 3.50. The number of aliphatic hydroxyl groups excluding tert-OH is 5. The first-order valence-corrected chi connectivity index (χ1v) is 33.7. The Labute approximate surface area is 496 Å². The van der Waals surface area contributed by atoms with Crippen LogP contribution < -0.4 is 5.32 Å². The van der Waals surface area contributed by atoms with E-state index in [4.69, 9.17) is 14.2 Å². The van der Waals surface area contributed by atoms with Gasteiger partial charge in [0, 0.05) is 12.8 Å². The predicted octanol–water partition coefficient (Wildman–Crippen LogP) is 16.7. The molecule has 6 N–H and O–H groups in total. The second-order valence-electron chi connectivity index (χ2n) is 23.2. The van der Waals surface area contributed by atoms with Gasteiger partial charge in [0.15, 0.2) is 12.4 Å². The maximum atomic E-state index is 13.4. The molecule has 1 aliphatic heterocycles. The summed E-state index contributed by atoms with van der Waals surface area (Å²) in [4.78, 5) is 26.5. The first-order chi connectivity index (χ1) is 39.7. The van der Waals surface area contributed by atoms with Gasteiger partial charge in [-0.15, -0.1) is 0 Å². The van der Waals surface area contributed by atoms with E-state index < -0.39 is 67.4 Å². The minimum Gasteiger partial charge on any atom is -0.454 e. The molecule has 1 heterocycles. The molecule has 1 saturated heterocycles. The standard InChI is InChI=1S/C70H125NO10/c1-4-7-10-13-16-19-22-25-26-27-28-29-30-31-32-33-34-35-36-37-38-40-43-46-49-52-55-58-65(75)81-68-67(77)66(76)64(59-72)80-70(68)79-60-61(62(73)56-53-50-47-44-42-39-23-20-17-14-11-8-5-2)71-69(78)63(74)57-54-51-48-45-41-24-21-18-15-12-9-6-3/h16,19,25-26,28-29,41,45,51,53-54,56,61-64,66-68,70,72-74,76-77H,4-15,17-18,20-24,27,30-40,42-44,46-50,52,55,57-60H2,1-3H3,(H,71,78)/b19-16-,26-25-,29-28-,45-41-,54-51+,56-53+. The zero-order chi connectivity index (χ0) is 58.9. The number of allylic oxidation sites excluding steroid dienone is 10. The fourth-order valence-electron chi connectivity index (χ4n) is 10.2. The molecule has 0 spiro atoms. The van der Waals surface area contributed by atoms with Crippen molar-refractivity contribution in [2.75, 3.05) is 13.2 Å². The van der Waals surface area contributed by atoms with Gasteiger partial charge < -0.3 is 45.1 Å². The first kappa shape index (κ1) is 76.1. The zero-order valence-electron chi connectivity index (χ0n) is 52.1. The van der Waals surface area contributed by atoms with E-state index in [1.54, 1.807) is 12.2 Å². The van der Waals surface area contributed by atoms with Crippen molar-refractivity contribution in [3.8, 4) is 0 Å². The van der Waals surface area contributed by atoms with E-state index >= 15 is 0 Å². The molecule has 1 fully saturated rings. The highest BCUT2D eigenvalue weighted by atomic mass is 16.7. The van der Waals surface area contributed by atoms with Crippen LogP contribution in [0.5, 0.6) is 0 Å². The Morgan fingerprint density at radius 3 is 1.30 bits per heavy atom. The highest BCUT2D eigenvalue weighted by molar-refractivity contribution is 5.81. The van der Waals surface area contributed by atoms with Gasteiger partial charge in [-0.1, -0.05) is 280 Å². The van der Waals surface area contributed by atoms with Gasteiger partial charge in [-0.05, 0) is 77.0 Å². The zero-order valence-corrected chi connectivity index (χ0v) is 52.1. The maximum Gasteiger partial charge on any atom is 0.306 e. The topological polar surface area (TPSA) is 175 Å². The second kappa shape index (κ2) is 57.5. The number of aliphatic hydroxyl groups is 5. The van der Waals surface area contributed by atoms with E-state index in [-0.39, 0.29) is 19.4 Å². The van der Waals surface area contributed by atoms with Crippen LogP contribution >= 0.6 is 0 Å². The fraction of sp³-hybridized carbons (Fsp3) is 0.800. The summed E-state index contributed by atoms with van der Waals surface area (Å²) >= 11 is 0. The number of hydrogen-bond donors (Lipinski definition) is 6. The molecule has 11 heteroatoms. The lowest BCUT2D eigenvalue weighted by Crippen LogP contribution is -2.61. The lowest BCUT2D eigenvalue weighted by Gasteiger charge is -2.41. The summed E-state index contributed by atoms with van der Waals surface area (Å²) < 4.78 is 17.6. The molecule has 0 aromatic carbocycles. The first-order valence-electron chi connectivity index (χ1n) is 33.7. The highest BCUT2D eigenvalue weighted by Crippen LogP contribution is 2.26. The molecule has 0 aromatic rings. The molecule has 8 unspecified atom stereocenters. The molecule has 81 heavy (non-hydrogen) atoms. The summed E-state index contributed by atoms with van der Waals surface area (Å²) in [5.41, 5.74) is 0. The Morgan fingerprint density at radius 1 is 0.481 bits per heavy atom. The van der Waals surface area contributed by atoms with Crippen LogP contribution in [0.4, 0.5) is 0 Å². The molecular weight excluding hydrogens is 1010 g/mol. The van der Waals surface area contributed by atoms with Crippen LogP contribution in [-0.4, -0.2) is 99.6 Å². The molecule has 0 aliphatic carbocycles. The highest BCUT2D eigenvalue weighted by Gasteiger charge is 2.47. The lowest BCUT2D eigenvalue weighted by molar-refractivity contribution is -0.305. The van der Waals surface area contributed by atoms with Crippen LogP contribution in [0.2, 0.25) is 0 Å². The summed E-state index contributed by atoms with van der Waals surface area (Å²) in [7, 11) is 0. The summed E-state index contributed by atoms with van der Waals surface area (Å²) in [5.74, 6) is -1.26. The van der Waals surface area contributed by atoms with E-state index in [0.717, 1.165) is 57.8 Å². The lowest BCUT2D eigenvalue weighted by atomic mass is 9.99.